The smallest absolute Gasteiger partial charge is 0.306 e. The van der Waals surface area contributed by atoms with Gasteiger partial charge in [-0.2, -0.15) is 0 Å². The van der Waals surface area contributed by atoms with Crippen LogP contribution in [0, 0.1) is 0 Å². The molecule has 1 heterocycles. The zero-order chi connectivity index (χ0) is 50.6. The van der Waals surface area contributed by atoms with Gasteiger partial charge in [-0.1, -0.05) is 235 Å². The first-order valence-corrected chi connectivity index (χ1v) is 29.4. The van der Waals surface area contributed by atoms with Gasteiger partial charge in [-0.15, -0.1) is 0 Å². The van der Waals surface area contributed by atoms with E-state index in [0.717, 1.165) is 64.2 Å². The van der Waals surface area contributed by atoms with E-state index in [9.17, 15) is 25.2 Å². The van der Waals surface area contributed by atoms with Gasteiger partial charge >= 0.3 is 5.97 Å². The predicted molar refractivity (Wildman–Crippen MR) is 293 cm³/mol. The Morgan fingerprint density at radius 3 is 1.33 bits per heavy atom. The number of allylic oxidation sites excluding steroid dienone is 10. The van der Waals surface area contributed by atoms with Crippen molar-refractivity contribution in [2.45, 2.75) is 295 Å². The molecule has 0 saturated carbocycles. The summed E-state index contributed by atoms with van der Waals surface area (Å²) in [5.41, 5.74) is 0. The zero-order valence-electron chi connectivity index (χ0n) is 45.3. The molecule has 0 spiro atoms. The van der Waals surface area contributed by atoms with E-state index in [0.29, 0.717) is 13.0 Å². The lowest BCUT2D eigenvalue weighted by atomic mass is 9.99. The van der Waals surface area contributed by atoms with Crippen molar-refractivity contribution in [3.63, 3.8) is 0 Å². The molecule has 0 aliphatic carbocycles. The molecular weight excluding hydrogens is 877 g/mol. The summed E-state index contributed by atoms with van der Waals surface area (Å²) in [6.45, 7) is 4.47. The highest BCUT2D eigenvalue weighted by Gasteiger charge is 2.44. The van der Waals surface area contributed by atoms with Gasteiger partial charge in [0.2, 0.25) is 0 Å². The van der Waals surface area contributed by atoms with Crippen molar-refractivity contribution in [2.24, 2.45) is 0 Å². The quantitative estimate of drug-likeness (QED) is 0.0267. The molecule has 0 bridgehead atoms. The third-order valence-corrected chi connectivity index (χ3v) is 13.4. The normalized spacial score (nSPS) is 19.3. The SMILES string of the molecule is CC/C=C\C/C=C\C/C=C\C/C=C\CCCCCCCCCCCOCC(COC1OC(CO)C(O)C(O)C1O)OC(=O)CCCCCCCCCCCCCCC/C=C\CCCCCCCCCC. The lowest BCUT2D eigenvalue weighted by molar-refractivity contribution is -0.305. The molecule has 0 aromatic rings. The van der Waals surface area contributed by atoms with Crippen molar-refractivity contribution in [1.82, 2.24) is 0 Å². The minimum Gasteiger partial charge on any atom is -0.457 e. The van der Waals surface area contributed by atoms with Crippen LogP contribution in [0.4, 0.5) is 0 Å². The van der Waals surface area contributed by atoms with Crippen molar-refractivity contribution < 1.29 is 44.2 Å². The molecule has 70 heavy (non-hydrogen) atoms. The first-order valence-electron chi connectivity index (χ1n) is 29.4. The Labute approximate surface area is 430 Å². The maximum atomic E-state index is 12.9. The van der Waals surface area contributed by atoms with Crippen molar-refractivity contribution in [3.8, 4) is 0 Å². The van der Waals surface area contributed by atoms with E-state index >= 15 is 0 Å². The number of carbonyl (C=O) groups excluding carboxylic acids is 1. The number of hydrogen-bond acceptors (Lipinski definition) is 9. The summed E-state index contributed by atoms with van der Waals surface area (Å²) in [7, 11) is 0. The van der Waals surface area contributed by atoms with Gasteiger partial charge in [-0.3, -0.25) is 4.79 Å². The molecule has 1 rings (SSSR count). The molecule has 4 N–H and O–H groups in total. The van der Waals surface area contributed by atoms with Crippen molar-refractivity contribution in [1.29, 1.82) is 0 Å². The minimum absolute atomic E-state index is 0.116. The van der Waals surface area contributed by atoms with Gasteiger partial charge in [0.25, 0.3) is 0 Å². The van der Waals surface area contributed by atoms with Crippen molar-refractivity contribution in [3.05, 3.63) is 60.8 Å². The van der Waals surface area contributed by atoms with Crippen LogP contribution < -0.4 is 0 Å². The molecular formula is C61H110O9. The number of ether oxygens (including phenoxy) is 4. The molecule has 0 aromatic heterocycles. The fourth-order valence-electron chi connectivity index (χ4n) is 8.89. The van der Waals surface area contributed by atoms with Crippen molar-refractivity contribution in [2.75, 3.05) is 26.4 Å². The molecule has 1 aliphatic rings. The Bertz CT molecular complexity index is 1260. The van der Waals surface area contributed by atoms with E-state index in [2.05, 4.69) is 74.6 Å². The third-order valence-electron chi connectivity index (χ3n) is 13.4. The molecule has 1 aliphatic heterocycles. The van der Waals surface area contributed by atoms with Crippen LogP contribution in [-0.4, -0.2) is 89.6 Å². The highest BCUT2D eigenvalue weighted by atomic mass is 16.7. The Balaban J connectivity index is 2.15. The van der Waals surface area contributed by atoms with Gasteiger partial charge in [-0.05, 0) is 77.0 Å². The summed E-state index contributed by atoms with van der Waals surface area (Å²) in [6.07, 6.45) is 61.3. The Morgan fingerprint density at radius 1 is 0.471 bits per heavy atom. The predicted octanol–water partition coefficient (Wildman–Crippen LogP) is 15.4. The van der Waals surface area contributed by atoms with E-state index in [4.69, 9.17) is 18.9 Å². The van der Waals surface area contributed by atoms with Gasteiger partial charge in [0, 0.05) is 13.0 Å². The summed E-state index contributed by atoms with van der Waals surface area (Å²) in [5.74, 6) is -0.314. The van der Waals surface area contributed by atoms with Crippen LogP contribution in [0.5, 0.6) is 0 Å². The first-order chi connectivity index (χ1) is 34.4. The number of aliphatic hydroxyl groups excluding tert-OH is 4. The second-order valence-electron chi connectivity index (χ2n) is 20.1. The summed E-state index contributed by atoms with van der Waals surface area (Å²) in [6, 6.07) is 0. The Morgan fingerprint density at radius 2 is 0.871 bits per heavy atom. The number of rotatable bonds is 51. The maximum absolute atomic E-state index is 12.9. The highest BCUT2D eigenvalue weighted by Crippen LogP contribution is 2.23. The molecule has 6 atom stereocenters. The minimum atomic E-state index is -1.54. The fraction of sp³-hybridized carbons (Fsp3) is 0.820. The van der Waals surface area contributed by atoms with E-state index in [1.807, 2.05) is 0 Å². The van der Waals surface area contributed by atoms with Crippen LogP contribution in [0.2, 0.25) is 0 Å². The third kappa shape index (κ3) is 41.4. The Kier molecular flexibility index (Phi) is 48.7. The fourth-order valence-corrected chi connectivity index (χ4v) is 8.89. The topological polar surface area (TPSA) is 135 Å². The molecule has 0 aromatic carbocycles. The highest BCUT2D eigenvalue weighted by molar-refractivity contribution is 5.69. The van der Waals surface area contributed by atoms with E-state index in [1.165, 1.54) is 173 Å². The molecule has 0 amide bonds. The second kappa shape index (κ2) is 51.8. The zero-order valence-corrected chi connectivity index (χ0v) is 45.3. The average molecular weight is 988 g/mol. The number of carbonyl (C=O) groups is 1. The van der Waals surface area contributed by atoms with Crippen LogP contribution in [0.3, 0.4) is 0 Å². The molecule has 0 radical (unpaired) electrons. The summed E-state index contributed by atoms with van der Waals surface area (Å²) < 4.78 is 23.0. The van der Waals surface area contributed by atoms with Gasteiger partial charge in [0.15, 0.2) is 6.29 Å². The molecule has 1 fully saturated rings. The largest absolute Gasteiger partial charge is 0.457 e. The monoisotopic (exact) mass is 987 g/mol. The molecule has 6 unspecified atom stereocenters. The molecule has 9 heteroatoms. The first kappa shape index (κ1) is 65.9. The van der Waals surface area contributed by atoms with Crippen molar-refractivity contribution >= 4 is 5.97 Å². The van der Waals surface area contributed by atoms with Crippen LogP contribution >= 0.6 is 0 Å². The second-order valence-corrected chi connectivity index (χ2v) is 20.1. The number of unbranched alkanes of at least 4 members (excludes halogenated alkanes) is 30. The summed E-state index contributed by atoms with van der Waals surface area (Å²) in [5, 5.41) is 40.4. The van der Waals surface area contributed by atoms with E-state index in [-0.39, 0.29) is 19.2 Å². The number of aliphatic hydroxyl groups is 4. The lowest BCUT2D eigenvalue weighted by Gasteiger charge is -2.39. The molecule has 1 saturated heterocycles. The Hall–Kier alpha value is -2.11. The van der Waals surface area contributed by atoms with Gasteiger partial charge in [0.05, 0.1) is 19.8 Å². The van der Waals surface area contributed by atoms with Crippen LogP contribution in [0.15, 0.2) is 60.8 Å². The van der Waals surface area contributed by atoms with E-state index in [1.54, 1.807) is 0 Å². The number of hydrogen-bond donors (Lipinski definition) is 4. The summed E-state index contributed by atoms with van der Waals surface area (Å²) in [4.78, 5) is 12.9. The van der Waals surface area contributed by atoms with Gasteiger partial charge in [-0.25, -0.2) is 0 Å². The molecule has 9 nitrogen and oxygen atoms in total. The molecule has 408 valence electrons. The van der Waals surface area contributed by atoms with Crippen LogP contribution in [0.1, 0.15) is 258 Å². The summed E-state index contributed by atoms with van der Waals surface area (Å²) >= 11 is 0. The van der Waals surface area contributed by atoms with E-state index < -0.39 is 43.4 Å². The van der Waals surface area contributed by atoms with Crippen LogP contribution in [-0.2, 0) is 23.7 Å². The van der Waals surface area contributed by atoms with Crippen LogP contribution in [0.25, 0.3) is 0 Å². The maximum Gasteiger partial charge on any atom is 0.306 e. The lowest BCUT2D eigenvalue weighted by Crippen LogP contribution is -2.59. The van der Waals surface area contributed by atoms with Gasteiger partial charge in [0.1, 0.15) is 30.5 Å². The standard InChI is InChI=1S/C61H110O9/c1-3-5-7-9-11-13-15-17-19-21-23-25-27-28-29-30-32-34-36-38-40-42-44-46-48-50-57(63)69-55(54-68-61-60(66)59(65)58(64)56(52-62)70-61)53-67-51-49-47-45-43-41-39-37-35-33-31-26-24-22-20-18-16-14-12-10-8-6-4-2/h6,8,12,14,18,20-21,23-24,26,55-56,58-62,64-66H,3-5,7,9-11,13,15-17,19,22,25,27-54H2,1-2H3/b8-6-,14-12-,20-18-,23-21-,26-24-. The average Bonchev–Trinajstić information content (AvgIpc) is 3.36. The van der Waals surface area contributed by atoms with Gasteiger partial charge < -0.3 is 39.4 Å². The number of esters is 1.